The van der Waals surface area contributed by atoms with E-state index in [-0.39, 0.29) is 17.0 Å². The fourth-order valence-corrected chi connectivity index (χ4v) is 3.36. The zero-order valence-corrected chi connectivity index (χ0v) is 14.8. The lowest BCUT2D eigenvalue weighted by Crippen LogP contribution is -2.46. The monoisotopic (exact) mass is 387 g/mol. The van der Waals surface area contributed by atoms with Crippen molar-refractivity contribution in [3.05, 3.63) is 52.4 Å². The summed E-state index contributed by atoms with van der Waals surface area (Å²) in [7, 11) is 2.16. The van der Waals surface area contributed by atoms with Crippen molar-refractivity contribution in [3.63, 3.8) is 0 Å². The van der Waals surface area contributed by atoms with E-state index in [1.54, 1.807) is 6.07 Å². The van der Waals surface area contributed by atoms with Crippen LogP contribution < -0.4 is 11.1 Å². The topological polar surface area (TPSA) is 141 Å². The number of nitrogens with one attached hydrogen (secondary N) is 1. The third-order valence-corrected chi connectivity index (χ3v) is 4.52. The van der Waals surface area contributed by atoms with Crippen LogP contribution in [0.25, 0.3) is 0 Å². The number of benzene rings is 1. The Labute approximate surface area is 158 Å². The predicted octanol–water partition coefficient (Wildman–Crippen LogP) is 0.730. The maximum atomic E-state index is 14.0. The fourth-order valence-electron chi connectivity index (χ4n) is 3.36. The molecule has 1 amide bonds. The lowest BCUT2D eigenvalue weighted by atomic mass is 9.68. The summed E-state index contributed by atoms with van der Waals surface area (Å²) in [5, 5.41) is 12.2. The van der Waals surface area contributed by atoms with Crippen molar-refractivity contribution in [2.45, 2.75) is 11.8 Å². The van der Waals surface area contributed by atoms with Crippen LogP contribution in [0.5, 0.6) is 0 Å². The maximum absolute atomic E-state index is 14.0. The van der Waals surface area contributed by atoms with E-state index in [4.69, 9.17) is 15.2 Å². The number of carbonyl (C=O) groups excluding carboxylic acids is 3. The summed E-state index contributed by atoms with van der Waals surface area (Å²) in [6.45, 7) is 0. The Bertz CT molecular complexity index is 1020. The van der Waals surface area contributed by atoms with Crippen molar-refractivity contribution in [3.8, 4) is 6.07 Å². The van der Waals surface area contributed by atoms with Gasteiger partial charge in [0.25, 0.3) is 0 Å². The number of halogens is 1. The minimum atomic E-state index is -2.13. The van der Waals surface area contributed by atoms with Crippen molar-refractivity contribution < 1.29 is 33.0 Å². The summed E-state index contributed by atoms with van der Waals surface area (Å²) in [5.74, 6) is -4.22. The van der Waals surface area contributed by atoms with E-state index in [0.29, 0.717) is 0 Å². The van der Waals surface area contributed by atoms with Crippen molar-refractivity contribution >= 4 is 23.5 Å². The van der Waals surface area contributed by atoms with Gasteiger partial charge >= 0.3 is 11.9 Å². The van der Waals surface area contributed by atoms with E-state index in [1.165, 1.54) is 6.07 Å². The molecule has 2 aliphatic heterocycles. The van der Waals surface area contributed by atoms with E-state index in [1.807, 2.05) is 0 Å². The molecule has 10 heteroatoms. The van der Waals surface area contributed by atoms with Crippen LogP contribution in [0, 0.1) is 17.1 Å². The van der Waals surface area contributed by atoms with Crippen LogP contribution in [0.4, 0.5) is 10.1 Å². The number of ether oxygens (including phenoxy) is 3. The molecule has 2 heterocycles. The van der Waals surface area contributed by atoms with Crippen molar-refractivity contribution in [1.29, 1.82) is 5.26 Å². The average Bonchev–Trinajstić information content (AvgIpc) is 2.93. The molecule has 9 nitrogen and oxygen atoms in total. The molecule has 28 heavy (non-hydrogen) atoms. The number of methoxy groups -OCH3 is 2. The Kier molecular flexibility index (Phi) is 4.52. The highest BCUT2D eigenvalue weighted by molar-refractivity contribution is 6.17. The minimum absolute atomic E-state index is 0.0249. The first-order chi connectivity index (χ1) is 13.3. The number of fused-ring (bicyclic) bond motifs is 2. The molecule has 0 unspecified atom stereocenters. The number of rotatable bonds is 3. The van der Waals surface area contributed by atoms with Crippen LogP contribution in [0.3, 0.4) is 0 Å². The molecule has 0 aliphatic carbocycles. The van der Waals surface area contributed by atoms with Gasteiger partial charge in [0, 0.05) is 11.3 Å². The van der Waals surface area contributed by atoms with Crippen LogP contribution >= 0.6 is 0 Å². The average molecular weight is 387 g/mol. The highest BCUT2D eigenvalue weighted by atomic mass is 19.1. The molecule has 3 rings (SSSR count). The quantitative estimate of drug-likeness (QED) is 0.723. The van der Waals surface area contributed by atoms with Crippen LogP contribution in [-0.4, -0.2) is 32.1 Å². The van der Waals surface area contributed by atoms with Gasteiger partial charge in [0.2, 0.25) is 11.8 Å². The summed E-state index contributed by atoms with van der Waals surface area (Å²) >= 11 is 0. The van der Waals surface area contributed by atoms with Gasteiger partial charge in [-0.15, -0.1) is 0 Å². The Balaban J connectivity index is 2.43. The van der Waals surface area contributed by atoms with Gasteiger partial charge in [0.05, 0.1) is 14.2 Å². The zero-order valence-electron chi connectivity index (χ0n) is 14.8. The van der Waals surface area contributed by atoms with Crippen molar-refractivity contribution in [2.75, 3.05) is 19.5 Å². The smallest absolute Gasteiger partial charge is 0.339 e. The van der Waals surface area contributed by atoms with Gasteiger partial charge in [-0.1, -0.05) is 0 Å². The van der Waals surface area contributed by atoms with Crippen molar-refractivity contribution in [1.82, 2.24) is 0 Å². The maximum Gasteiger partial charge on any atom is 0.339 e. The number of esters is 2. The lowest BCUT2D eigenvalue weighted by Gasteiger charge is -2.34. The van der Waals surface area contributed by atoms with Gasteiger partial charge in [-0.05, 0) is 18.2 Å². The number of hydrogen-bond acceptors (Lipinski definition) is 8. The summed E-state index contributed by atoms with van der Waals surface area (Å²) in [5.41, 5.74) is 2.97. The Hall–Kier alpha value is -3.87. The van der Waals surface area contributed by atoms with Crippen LogP contribution in [0.15, 0.2) is 41.0 Å². The van der Waals surface area contributed by atoms with Crippen LogP contribution in [-0.2, 0) is 34.0 Å². The molecule has 1 aromatic rings. The van der Waals surface area contributed by atoms with E-state index in [2.05, 4.69) is 10.1 Å². The molecule has 1 aromatic carbocycles. The molecular weight excluding hydrogens is 373 g/mol. The second-order valence-electron chi connectivity index (χ2n) is 5.89. The minimum Gasteiger partial charge on any atom is -0.469 e. The van der Waals surface area contributed by atoms with Gasteiger partial charge in [-0.2, -0.15) is 5.26 Å². The Morgan fingerprint density at radius 3 is 2.68 bits per heavy atom. The molecule has 1 atom stereocenters. The molecule has 0 saturated carbocycles. The molecule has 0 radical (unpaired) electrons. The van der Waals surface area contributed by atoms with Gasteiger partial charge in [-0.25, -0.2) is 9.18 Å². The van der Waals surface area contributed by atoms with Gasteiger partial charge in [0.1, 0.15) is 35.2 Å². The van der Waals surface area contributed by atoms with Crippen LogP contribution in [0.1, 0.15) is 12.0 Å². The zero-order chi connectivity index (χ0) is 20.6. The summed E-state index contributed by atoms with van der Waals surface area (Å²) in [6, 6.07) is 5.15. The van der Waals surface area contributed by atoms with Gasteiger partial charge < -0.3 is 25.3 Å². The molecule has 2 aliphatic rings. The SMILES string of the molecule is COC(=O)CC1=C(C(=O)OC)[C@@]2(C(=O)Nc3ccc(F)cc32)C(C#N)=C(N)O1. The second kappa shape index (κ2) is 6.70. The first-order valence-electron chi connectivity index (χ1n) is 7.89. The number of anilines is 1. The molecule has 144 valence electrons. The summed E-state index contributed by atoms with van der Waals surface area (Å²) < 4.78 is 28.7. The molecule has 0 saturated heterocycles. The number of nitrogens with two attached hydrogens (primary N) is 1. The first kappa shape index (κ1) is 18.9. The highest BCUT2D eigenvalue weighted by Crippen LogP contribution is 2.52. The molecule has 0 bridgehead atoms. The lowest BCUT2D eigenvalue weighted by molar-refractivity contribution is -0.141. The fraction of sp³-hybridized carbons (Fsp3) is 0.222. The number of hydrogen-bond donors (Lipinski definition) is 2. The first-order valence-corrected chi connectivity index (χ1v) is 7.89. The standard InChI is InChI=1S/C18H14FN3O6/c1-26-13(23)6-12-14(16(24)27-2)18(10(7-20)15(21)28-12)9-5-8(19)3-4-11(9)22-17(18)25/h3-5H,6,21H2,1-2H3,(H,22,25)/t18-/m0/s1. The van der Waals surface area contributed by atoms with Crippen molar-refractivity contribution in [2.24, 2.45) is 5.73 Å². The third-order valence-electron chi connectivity index (χ3n) is 4.52. The van der Waals surface area contributed by atoms with E-state index >= 15 is 0 Å². The molecular formula is C18H14FN3O6. The predicted molar refractivity (Wildman–Crippen MR) is 90.3 cm³/mol. The third kappa shape index (κ3) is 2.48. The summed E-state index contributed by atoms with van der Waals surface area (Å²) in [4.78, 5) is 37.5. The number of nitriles is 1. The van der Waals surface area contributed by atoms with Gasteiger partial charge in [0.15, 0.2) is 5.41 Å². The molecule has 3 N–H and O–H groups in total. The molecule has 1 spiro atoms. The second-order valence-corrected chi connectivity index (χ2v) is 5.89. The van der Waals surface area contributed by atoms with Crippen LogP contribution in [0.2, 0.25) is 0 Å². The van der Waals surface area contributed by atoms with E-state index < -0.39 is 52.5 Å². The Morgan fingerprint density at radius 2 is 2.07 bits per heavy atom. The van der Waals surface area contributed by atoms with E-state index in [9.17, 15) is 24.0 Å². The largest absolute Gasteiger partial charge is 0.469 e. The highest BCUT2D eigenvalue weighted by Gasteiger charge is 2.60. The number of nitrogens with zero attached hydrogens (tertiary/aromatic N) is 1. The number of amides is 1. The molecule has 0 aromatic heterocycles. The summed E-state index contributed by atoms with van der Waals surface area (Å²) in [6.07, 6.45) is -0.569. The normalized spacial score (nSPS) is 20.3. The van der Waals surface area contributed by atoms with Gasteiger partial charge in [-0.3, -0.25) is 9.59 Å². The molecule has 0 fully saturated rings. The Morgan fingerprint density at radius 1 is 1.36 bits per heavy atom. The van der Waals surface area contributed by atoms with E-state index in [0.717, 1.165) is 26.4 Å². The number of carbonyl (C=O) groups is 3.